The highest BCUT2D eigenvalue weighted by Crippen LogP contribution is 2.31. The van der Waals surface area contributed by atoms with Crippen molar-refractivity contribution in [2.45, 2.75) is 18.8 Å². The van der Waals surface area contributed by atoms with Crippen LogP contribution in [-0.4, -0.2) is 22.6 Å². The van der Waals surface area contributed by atoms with Crippen molar-refractivity contribution in [2.75, 3.05) is 13.1 Å². The number of imidazole rings is 1. The highest BCUT2D eigenvalue weighted by Gasteiger charge is 2.33. The lowest BCUT2D eigenvalue weighted by molar-refractivity contribution is 0.498. The Labute approximate surface area is 112 Å². The van der Waals surface area contributed by atoms with Crippen LogP contribution in [0.15, 0.2) is 36.8 Å². The van der Waals surface area contributed by atoms with Crippen molar-refractivity contribution in [3.63, 3.8) is 0 Å². The van der Waals surface area contributed by atoms with Gasteiger partial charge >= 0.3 is 0 Å². The summed E-state index contributed by atoms with van der Waals surface area (Å²) >= 11 is 0. The van der Waals surface area contributed by atoms with Crippen LogP contribution in [0.25, 0.3) is 5.69 Å². The summed E-state index contributed by atoms with van der Waals surface area (Å²) in [7, 11) is 0. The zero-order valence-corrected chi connectivity index (χ0v) is 10.9. The monoisotopic (exact) mass is 252 g/mol. The van der Waals surface area contributed by atoms with E-state index in [0.29, 0.717) is 5.56 Å². The Morgan fingerprint density at radius 2 is 2.26 bits per heavy atom. The van der Waals surface area contributed by atoms with Crippen LogP contribution in [0.4, 0.5) is 0 Å². The average Bonchev–Trinajstić information content (AvgIpc) is 3.08. The second-order valence-corrected chi connectivity index (χ2v) is 5.27. The van der Waals surface area contributed by atoms with Crippen molar-refractivity contribution < 1.29 is 0 Å². The molecule has 3 rings (SSSR count). The lowest BCUT2D eigenvalue weighted by Crippen LogP contribution is -2.27. The topological polar surface area (TPSA) is 53.6 Å². The molecule has 19 heavy (non-hydrogen) atoms. The van der Waals surface area contributed by atoms with Crippen molar-refractivity contribution in [1.82, 2.24) is 14.9 Å². The first-order valence-corrected chi connectivity index (χ1v) is 6.48. The van der Waals surface area contributed by atoms with Crippen LogP contribution in [-0.2, 0) is 5.41 Å². The molecule has 2 aromatic rings. The fraction of sp³-hybridized carbons (Fsp3) is 0.333. The van der Waals surface area contributed by atoms with Crippen molar-refractivity contribution >= 4 is 0 Å². The van der Waals surface area contributed by atoms with Crippen LogP contribution < -0.4 is 5.32 Å². The van der Waals surface area contributed by atoms with Gasteiger partial charge in [-0.1, -0.05) is 19.1 Å². The van der Waals surface area contributed by atoms with Gasteiger partial charge in [0.25, 0.3) is 0 Å². The molecule has 0 amide bonds. The van der Waals surface area contributed by atoms with Gasteiger partial charge in [-0.05, 0) is 25.1 Å². The van der Waals surface area contributed by atoms with Crippen LogP contribution in [0.2, 0.25) is 0 Å². The van der Waals surface area contributed by atoms with Gasteiger partial charge in [-0.15, -0.1) is 0 Å². The van der Waals surface area contributed by atoms with Crippen molar-refractivity contribution in [2.24, 2.45) is 0 Å². The Morgan fingerprint density at radius 1 is 1.42 bits per heavy atom. The van der Waals surface area contributed by atoms with E-state index in [4.69, 9.17) is 0 Å². The third-order valence-corrected chi connectivity index (χ3v) is 3.91. The maximum Gasteiger partial charge on any atom is 0.101 e. The van der Waals surface area contributed by atoms with Crippen LogP contribution in [0.1, 0.15) is 24.6 Å². The zero-order valence-electron chi connectivity index (χ0n) is 10.9. The third kappa shape index (κ3) is 1.92. The van der Waals surface area contributed by atoms with Gasteiger partial charge in [0.2, 0.25) is 0 Å². The van der Waals surface area contributed by atoms with Gasteiger partial charge in [-0.3, -0.25) is 0 Å². The molecule has 2 heterocycles. The minimum Gasteiger partial charge on any atom is -0.316 e. The molecule has 1 aromatic carbocycles. The number of benzene rings is 1. The summed E-state index contributed by atoms with van der Waals surface area (Å²) < 4.78 is 2.05. The van der Waals surface area contributed by atoms with Gasteiger partial charge in [0, 0.05) is 23.9 Å². The SMILES string of the molecule is CC1(c2cncn2-c2ccccc2C#N)CCNC1. The first-order chi connectivity index (χ1) is 9.24. The Bertz CT molecular complexity index is 630. The predicted molar refractivity (Wildman–Crippen MR) is 73.1 cm³/mol. The lowest BCUT2D eigenvalue weighted by atomic mass is 9.86. The number of nitriles is 1. The van der Waals surface area contributed by atoms with E-state index >= 15 is 0 Å². The summed E-state index contributed by atoms with van der Waals surface area (Å²) in [5, 5.41) is 12.6. The maximum atomic E-state index is 9.24. The van der Waals surface area contributed by atoms with Gasteiger partial charge in [0.05, 0.1) is 17.6 Å². The molecule has 0 spiro atoms. The highest BCUT2D eigenvalue weighted by atomic mass is 15.1. The summed E-state index contributed by atoms with van der Waals surface area (Å²) in [5.41, 5.74) is 2.83. The minimum atomic E-state index is 0.0824. The Morgan fingerprint density at radius 3 is 3.00 bits per heavy atom. The van der Waals surface area contributed by atoms with Crippen molar-refractivity contribution in [1.29, 1.82) is 5.26 Å². The second-order valence-electron chi connectivity index (χ2n) is 5.27. The van der Waals surface area contributed by atoms with Crippen LogP contribution in [0, 0.1) is 11.3 Å². The molecular formula is C15H16N4. The number of nitrogens with one attached hydrogen (secondary N) is 1. The fourth-order valence-corrected chi connectivity index (χ4v) is 2.75. The summed E-state index contributed by atoms with van der Waals surface area (Å²) in [6, 6.07) is 9.90. The highest BCUT2D eigenvalue weighted by molar-refractivity contribution is 5.50. The standard InChI is InChI=1S/C15H16N4/c1-15(6-7-17-10-15)14-9-18-11-19(14)13-5-3-2-4-12(13)8-16/h2-5,9,11,17H,6-7,10H2,1H3. The van der Waals surface area contributed by atoms with E-state index in [2.05, 4.69) is 23.3 Å². The summed E-state index contributed by atoms with van der Waals surface area (Å²) in [6.45, 7) is 4.23. The largest absolute Gasteiger partial charge is 0.316 e. The van der Waals surface area contributed by atoms with Crippen molar-refractivity contribution in [3.8, 4) is 11.8 Å². The molecule has 4 nitrogen and oxygen atoms in total. The number of nitrogens with zero attached hydrogens (tertiary/aromatic N) is 3. The Hall–Kier alpha value is -2.12. The second kappa shape index (κ2) is 4.52. The molecule has 1 saturated heterocycles. The summed E-state index contributed by atoms with van der Waals surface area (Å²) in [4.78, 5) is 4.29. The zero-order chi connectivity index (χ0) is 13.3. The molecule has 4 heteroatoms. The molecule has 1 fully saturated rings. The van der Waals surface area contributed by atoms with Gasteiger partial charge in [-0.25, -0.2) is 4.98 Å². The van der Waals surface area contributed by atoms with Crippen LogP contribution >= 0.6 is 0 Å². The molecule has 1 N–H and O–H groups in total. The van der Waals surface area contributed by atoms with E-state index < -0.39 is 0 Å². The summed E-state index contributed by atoms with van der Waals surface area (Å²) in [5.74, 6) is 0. The number of hydrogen-bond acceptors (Lipinski definition) is 3. The average molecular weight is 252 g/mol. The maximum absolute atomic E-state index is 9.24. The number of para-hydroxylation sites is 1. The fourth-order valence-electron chi connectivity index (χ4n) is 2.75. The van der Waals surface area contributed by atoms with E-state index in [0.717, 1.165) is 25.2 Å². The molecule has 1 aliphatic heterocycles. The van der Waals surface area contributed by atoms with Gasteiger partial charge in [0.15, 0.2) is 0 Å². The molecule has 1 aliphatic rings. The van der Waals surface area contributed by atoms with Gasteiger partial charge < -0.3 is 9.88 Å². The van der Waals surface area contributed by atoms with Gasteiger partial charge in [0.1, 0.15) is 6.07 Å². The van der Waals surface area contributed by atoms with Crippen LogP contribution in [0.5, 0.6) is 0 Å². The molecule has 96 valence electrons. The first kappa shape index (κ1) is 11.9. The van der Waals surface area contributed by atoms with E-state index in [1.807, 2.05) is 35.0 Å². The normalized spacial score (nSPS) is 22.3. The first-order valence-electron chi connectivity index (χ1n) is 6.48. The van der Waals surface area contributed by atoms with E-state index in [-0.39, 0.29) is 5.41 Å². The lowest BCUT2D eigenvalue weighted by Gasteiger charge is -2.24. The number of hydrogen-bond donors (Lipinski definition) is 1. The summed E-state index contributed by atoms with van der Waals surface area (Å²) in [6.07, 6.45) is 4.81. The van der Waals surface area contributed by atoms with E-state index in [1.165, 1.54) is 5.69 Å². The van der Waals surface area contributed by atoms with E-state index in [1.54, 1.807) is 6.33 Å². The molecule has 1 aromatic heterocycles. The predicted octanol–water partition coefficient (Wildman–Crippen LogP) is 1.99. The molecular weight excluding hydrogens is 236 g/mol. The van der Waals surface area contributed by atoms with Gasteiger partial charge in [-0.2, -0.15) is 5.26 Å². The van der Waals surface area contributed by atoms with Crippen LogP contribution in [0.3, 0.4) is 0 Å². The van der Waals surface area contributed by atoms with E-state index in [9.17, 15) is 5.26 Å². The van der Waals surface area contributed by atoms with Crippen molar-refractivity contribution in [3.05, 3.63) is 48.0 Å². The molecule has 0 radical (unpaired) electrons. The molecule has 0 bridgehead atoms. The molecule has 1 atom stereocenters. The number of aromatic nitrogens is 2. The molecule has 1 unspecified atom stereocenters. The molecule has 0 saturated carbocycles. The smallest absolute Gasteiger partial charge is 0.101 e. The Kier molecular flexibility index (Phi) is 2.84. The number of rotatable bonds is 2. The quantitative estimate of drug-likeness (QED) is 0.889. The minimum absolute atomic E-state index is 0.0824. The third-order valence-electron chi connectivity index (χ3n) is 3.91. The Balaban J connectivity index is 2.13. The molecule has 0 aliphatic carbocycles.